The number of ether oxygens (including phenoxy) is 2. The van der Waals surface area contributed by atoms with Gasteiger partial charge in [-0.2, -0.15) is 0 Å². The van der Waals surface area contributed by atoms with Gasteiger partial charge < -0.3 is 19.5 Å². The van der Waals surface area contributed by atoms with Gasteiger partial charge in [0.2, 0.25) is 0 Å². The summed E-state index contributed by atoms with van der Waals surface area (Å²) in [6.45, 7) is 6.47. The Bertz CT molecular complexity index is 593. The largest absolute Gasteiger partial charge is 0.491 e. The van der Waals surface area contributed by atoms with Crippen LogP contribution in [0.3, 0.4) is 0 Å². The van der Waals surface area contributed by atoms with E-state index in [1.165, 1.54) is 0 Å². The number of hydrogen-bond donors (Lipinski definition) is 1. The molecule has 0 aromatic heterocycles. The Morgan fingerprint density at radius 3 is 2.42 bits per heavy atom. The van der Waals surface area contributed by atoms with Crippen molar-refractivity contribution in [3.8, 4) is 5.75 Å². The van der Waals surface area contributed by atoms with Crippen molar-refractivity contribution in [3.05, 3.63) is 28.2 Å². The third-order valence-corrected chi connectivity index (χ3v) is 4.48. The maximum atomic E-state index is 12.0. The molecular formula is C17H23Cl2NO4. The number of aliphatic hydroxyl groups is 1. The van der Waals surface area contributed by atoms with Crippen LogP contribution in [0.15, 0.2) is 18.2 Å². The molecule has 0 unspecified atom stereocenters. The van der Waals surface area contributed by atoms with Crippen LogP contribution in [-0.4, -0.2) is 47.0 Å². The zero-order valence-electron chi connectivity index (χ0n) is 14.1. The van der Waals surface area contributed by atoms with Gasteiger partial charge in [0.1, 0.15) is 23.6 Å². The molecule has 1 amide bonds. The van der Waals surface area contributed by atoms with E-state index in [2.05, 4.69) is 0 Å². The molecular weight excluding hydrogens is 353 g/mol. The van der Waals surface area contributed by atoms with E-state index in [0.29, 0.717) is 41.7 Å². The highest BCUT2D eigenvalue weighted by atomic mass is 35.5. The van der Waals surface area contributed by atoms with Crippen LogP contribution in [0.2, 0.25) is 10.0 Å². The molecule has 24 heavy (non-hydrogen) atoms. The average Bonchev–Trinajstić information content (AvgIpc) is 2.47. The summed E-state index contributed by atoms with van der Waals surface area (Å²) in [6.07, 6.45) is 0.496. The first-order chi connectivity index (χ1) is 11.1. The van der Waals surface area contributed by atoms with Gasteiger partial charge in [0.15, 0.2) is 0 Å². The number of rotatable bonds is 3. The van der Waals surface area contributed by atoms with Crippen molar-refractivity contribution >= 4 is 29.3 Å². The topological polar surface area (TPSA) is 59.0 Å². The predicted octanol–water partition coefficient (Wildman–Crippen LogP) is 4.13. The van der Waals surface area contributed by atoms with Gasteiger partial charge in [0, 0.05) is 19.2 Å². The number of carbonyl (C=O) groups is 1. The van der Waals surface area contributed by atoms with Crippen LogP contribution in [0.25, 0.3) is 0 Å². The minimum absolute atomic E-state index is 0.132. The van der Waals surface area contributed by atoms with Crippen LogP contribution < -0.4 is 4.74 Å². The summed E-state index contributed by atoms with van der Waals surface area (Å²) in [5, 5.41) is 11.5. The van der Waals surface area contributed by atoms with Gasteiger partial charge in [-0.3, -0.25) is 0 Å². The summed E-state index contributed by atoms with van der Waals surface area (Å²) >= 11 is 11.8. The minimum atomic E-state index is -0.982. The molecule has 0 spiro atoms. The Labute approximate surface area is 152 Å². The summed E-state index contributed by atoms with van der Waals surface area (Å²) in [6, 6.07) is 4.96. The highest BCUT2D eigenvalue weighted by Crippen LogP contribution is 2.29. The van der Waals surface area contributed by atoms with Crippen LogP contribution in [0.1, 0.15) is 33.6 Å². The number of hydrogen-bond acceptors (Lipinski definition) is 4. The second-order valence-corrected chi connectivity index (χ2v) is 7.87. The highest BCUT2D eigenvalue weighted by molar-refractivity contribution is 6.42. The van der Waals surface area contributed by atoms with Gasteiger partial charge >= 0.3 is 6.09 Å². The predicted molar refractivity (Wildman–Crippen MR) is 93.9 cm³/mol. The molecule has 0 atom stereocenters. The fraction of sp³-hybridized carbons (Fsp3) is 0.588. The van der Waals surface area contributed by atoms with Gasteiger partial charge in [-0.15, -0.1) is 0 Å². The van der Waals surface area contributed by atoms with E-state index >= 15 is 0 Å². The molecule has 0 bridgehead atoms. The Balaban J connectivity index is 1.85. The van der Waals surface area contributed by atoms with Gasteiger partial charge in [-0.25, -0.2) is 4.79 Å². The Morgan fingerprint density at radius 1 is 1.25 bits per heavy atom. The Hall–Kier alpha value is -1.17. The summed E-state index contributed by atoms with van der Waals surface area (Å²) in [7, 11) is 0. The van der Waals surface area contributed by atoms with Crippen LogP contribution in [-0.2, 0) is 4.74 Å². The molecule has 1 aromatic rings. The molecule has 1 aromatic carbocycles. The van der Waals surface area contributed by atoms with E-state index in [9.17, 15) is 9.90 Å². The second-order valence-electron chi connectivity index (χ2n) is 7.06. The van der Waals surface area contributed by atoms with Crippen LogP contribution in [0.5, 0.6) is 5.75 Å². The first-order valence-corrected chi connectivity index (χ1v) is 8.62. The zero-order valence-corrected chi connectivity index (χ0v) is 15.7. The van der Waals surface area contributed by atoms with E-state index in [1.54, 1.807) is 23.1 Å². The second kappa shape index (κ2) is 7.38. The van der Waals surface area contributed by atoms with Gasteiger partial charge in [0.25, 0.3) is 0 Å². The third-order valence-electron chi connectivity index (χ3n) is 3.74. The summed E-state index contributed by atoms with van der Waals surface area (Å²) in [5.41, 5.74) is -1.51. The van der Waals surface area contributed by atoms with Crippen LogP contribution in [0, 0.1) is 0 Å². The average molecular weight is 376 g/mol. The van der Waals surface area contributed by atoms with E-state index in [4.69, 9.17) is 32.7 Å². The summed E-state index contributed by atoms with van der Waals surface area (Å²) < 4.78 is 11.0. The normalized spacial score (nSPS) is 17.5. The number of nitrogens with zero attached hydrogens (tertiary/aromatic N) is 1. The summed E-state index contributed by atoms with van der Waals surface area (Å²) in [4.78, 5) is 13.6. The first kappa shape index (κ1) is 19.2. The zero-order chi connectivity index (χ0) is 18.0. The Kier molecular flexibility index (Phi) is 5.89. The number of amides is 1. The molecule has 0 radical (unpaired) electrons. The quantitative estimate of drug-likeness (QED) is 0.862. The molecule has 1 aliphatic rings. The lowest BCUT2D eigenvalue weighted by Crippen LogP contribution is -2.50. The van der Waals surface area contributed by atoms with Crippen molar-refractivity contribution in [2.45, 2.75) is 44.8 Å². The molecule has 1 N–H and O–H groups in total. The van der Waals surface area contributed by atoms with Crippen LogP contribution in [0.4, 0.5) is 4.79 Å². The van der Waals surface area contributed by atoms with E-state index in [1.807, 2.05) is 20.8 Å². The molecule has 1 fully saturated rings. The van der Waals surface area contributed by atoms with Gasteiger partial charge in [0.05, 0.1) is 10.0 Å². The molecule has 1 saturated heterocycles. The molecule has 0 aliphatic carbocycles. The fourth-order valence-electron chi connectivity index (χ4n) is 2.36. The van der Waals surface area contributed by atoms with E-state index < -0.39 is 11.2 Å². The first-order valence-electron chi connectivity index (χ1n) is 7.86. The van der Waals surface area contributed by atoms with Crippen molar-refractivity contribution in [2.75, 3.05) is 19.7 Å². The standard InChI is InChI=1S/C17H23Cl2NO4/c1-16(2,3)24-15(21)20-8-6-17(22,7-9-20)11-23-12-4-5-13(18)14(19)10-12/h4-5,10,22H,6-9,11H2,1-3H3. The molecule has 1 heterocycles. The molecule has 2 rings (SSSR count). The minimum Gasteiger partial charge on any atom is -0.491 e. The molecule has 0 saturated carbocycles. The van der Waals surface area contributed by atoms with Crippen molar-refractivity contribution in [2.24, 2.45) is 0 Å². The molecule has 5 nitrogen and oxygen atoms in total. The van der Waals surface area contributed by atoms with Gasteiger partial charge in [-0.1, -0.05) is 23.2 Å². The van der Waals surface area contributed by atoms with Crippen molar-refractivity contribution in [3.63, 3.8) is 0 Å². The number of carbonyl (C=O) groups excluding carboxylic acids is 1. The van der Waals surface area contributed by atoms with Crippen molar-refractivity contribution in [1.82, 2.24) is 4.90 Å². The lowest BCUT2D eigenvalue weighted by atomic mass is 9.92. The number of halogens is 2. The maximum absolute atomic E-state index is 12.0. The number of likely N-dealkylation sites (tertiary alicyclic amines) is 1. The highest BCUT2D eigenvalue weighted by Gasteiger charge is 2.36. The SMILES string of the molecule is CC(C)(C)OC(=O)N1CCC(O)(COc2ccc(Cl)c(Cl)c2)CC1. The lowest BCUT2D eigenvalue weighted by molar-refractivity contribution is -0.0561. The molecule has 1 aliphatic heterocycles. The molecule has 134 valence electrons. The smallest absolute Gasteiger partial charge is 0.410 e. The fourth-order valence-corrected chi connectivity index (χ4v) is 2.65. The maximum Gasteiger partial charge on any atom is 0.410 e. The molecule has 7 heteroatoms. The van der Waals surface area contributed by atoms with E-state index in [-0.39, 0.29) is 12.7 Å². The van der Waals surface area contributed by atoms with Crippen molar-refractivity contribution in [1.29, 1.82) is 0 Å². The summed E-state index contributed by atoms with van der Waals surface area (Å²) in [5.74, 6) is 0.549. The van der Waals surface area contributed by atoms with Gasteiger partial charge in [-0.05, 0) is 45.7 Å². The third kappa shape index (κ3) is 5.43. The lowest BCUT2D eigenvalue weighted by Gasteiger charge is -2.38. The van der Waals surface area contributed by atoms with Crippen LogP contribution >= 0.6 is 23.2 Å². The monoisotopic (exact) mass is 375 g/mol. The van der Waals surface area contributed by atoms with E-state index in [0.717, 1.165) is 0 Å². The van der Waals surface area contributed by atoms with Crippen molar-refractivity contribution < 1.29 is 19.4 Å². The Morgan fingerprint density at radius 2 is 1.88 bits per heavy atom. The number of piperidine rings is 1. The number of benzene rings is 1.